The summed E-state index contributed by atoms with van der Waals surface area (Å²) in [4.78, 5) is 10.5. The molecular weight excluding hydrogens is 286 g/mol. The minimum absolute atomic E-state index is 0.800. The van der Waals surface area contributed by atoms with E-state index >= 15 is 0 Å². The lowest BCUT2D eigenvalue weighted by Crippen LogP contribution is -2.19. The highest BCUT2D eigenvalue weighted by molar-refractivity contribution is 5.79. The second kappa shape index (κ2) is 5.49. The molecule has 0 bridgehead atoms. The van der Waals surface area contributed by atoms with E-state index in [2.05, 4.69) is 53.1 Å². The van der Waals surface area contributed by atoms with Gasteiger partial charge in [0.05, 0.1) is 23.3 Å². The molecule has 2 heterocycles. The molecule has 0 saturated carbocycles. The highest BCUT2D eigenvalue weighted by atomic mass is 15.2. The van der Waals surface area contributed by atoms with E-state index in [9.17, 15) is 0 Å². The molecule has 120 valence electrons. The molecule has 23 heavy (non-hydrogen) atoms. The summed E-state index contributed by atoms with van der Waals surface area (Å²) in [7, 11) is 2.13. The zero-order valence-corrected chi connectivity index (χ0v) is 14.0. The van der Waals surface area contributed by atoms with Crippen LogP contribution in [-0.2, 0) is 25.9 Å². The number of rotatable bonds is 4. The number of H-pyrrole nitrogens is 2. The van der Waals surface area contributed by atoms with Crippen molar-refractivity contribution >= 4 is 11.0 Å². The first-order valence-electron chi connectivity index (χ1n) is 8.30. The Morgan fingerprint density at radius 3 is 2.91 bits per heavy atom. The quantitative estimate of drug-likeness (QED) is 0.779. The van der Waals surface area contributed by atoms with E-state index in [1.165, 1.54) is 34.5 Å². The van der Waals surface area contributed by atoms with Gasteiger partial charge in [0.1, 0.15) is 5.82 Å². The van der Waals surface area contributed by atoms with Crippen molar-refractivity contribution in [2.24, 2.45) is 0 Å². The Bertz CT molecular complexity index is 858. The average molecular weight is 309 g/mol. The molecule has 0 atom stereocenters. The summed E-state index contributed by atoms with van der Waals surface area (Å²) in [6.07, 6.45) is 3.56. The van der Waals surface area contributed by atoms with Gasteiger partial charge in [0.2, 0.25) is 0 Å². The number of hydrogen-bond donors (Lipinski definition) is 2. The predicted octanol–water partition coefficient (Wildman–Crippen LogP) is 3.02. The van der Waals surface area contributed by atoms with Gasteiger partial charge in [-0.15, -0.1) is 0 Å². The fraction of sp³-hybridized carbons (Fsp3) is 0.444. The van der Waals surface area contributed by atoms with Gasteiger partial charge in [-0.05, 0) is 62.9 Å². The molecule has 1 aliphatic carbocycles. The largest absolute Gasteiger partial charge is 0.341 e. The summed E-state index contributed by atoms with van der Waals surface area (Å²) >= 11 is 0. The summed E-state index contributed by atoms with van der Waals surface area (Å²) in [6.45, 7) is 5.93. The van der Waals surface area contributed by atoms with Crippen molar-refractivity contribution in [2.75, 3.05) is 7.05 Å². The summed E-state index contributed by atoms with van der Waals surface area (Å²) in [6, 6.07) is 4.27. The molecule has 0 amide bonds. The summed E-state index contributed by atoms with van der Waals surface area (Å²) in [5, 5.41) is 7.68. The van der Waals surface area contributed by atoms with Gasteiger partial charge >= 0.3 is 0 Å². The van der Waals surface area contributed by atoms with E-state index in [4.69, 9.17) is 4.98 Å². The maximum atomic E-state index is 4.79. The number of nitrogens with one attached hydrogen (secondary N) is 2. The van der Waals surface area contributed by atoms with Crippen LogP contribution >= 0.6 is 0 Å². The van der Waals surface area contributed by atoms with Crippen LogP contribution in [0.1, 0.15) is 40.3 Å². The van der Waals surface area contributed by atoms with Gasteiger partial charge in [-0.2, -0.15) is 5.10 Å². The Hall–Kier alpha value is -2.14. The molecule has 0 saturated heterocycles. The van der Waals surface area contributed by atoms with Crippen molar-refractivity contribution in [3.8, 4) is 0 Å². The number of nitrogens with zero attached hydrogens (tertiary/aromatic N) is 3. The number of imidazole rings is 1. The van der Waals surface area contributed by atoms with Crippen LogP contribution in [0, 0.1) is 13.8 Å². The lowest BCUT2D eigenvalue weighted by molar-refractivity contribution is 0.307. The van der Waals surface area contributed by atoms with E-state index in [0.29, 0.717) is 0 Å². The normalized spacial score (nSPS) is 14.1. The smallest absolute Gasteiger partial charge is 0.121 e. The monoisotopic (exact) mass is 309 g/mol. The molecule has 5 nitrogen and oxygen atoms in total. The Labute approximate surface area is 136 Å². The van der Waals surface area contributed by atoms with Crippen LogP contribution in [0.2, 0.25) is 0 Å². The fourth-order valence-corrected chi connectivity index (χ4v) is 3.53. The first kappa shape index (κ1) is 14.5. The number of benzene rings is 1. The number of aryl methyl sites for hydroxylation is 3. The molecule has 2 N–H and O–H groups in total. The van der Waals surface area contributed by atoms with Crippen LogP contribution in [0.5, 0.6) is 0 Å². The van der Waals surface area contributed by atoms with E-state index in [1.807, 2.05) is 0 Å². The minimum Gasteiger partial charge on any atom is -0.341 e. The van der Waals surface area contributed by atoms with Crippen LogP contribution in [0.25, 0.3) is 11.0 Å². The molecule has 0 fully saturated rings. The second-order valence-corrected chi connectivity index (χ2v) is 6.74. The lowest BCUT2D eigenvalue weighted by atomic mass is 10.1. The van der Waals surface area contributed by atoms with Gasteiger partial charge in [0.15, 0.2) is 0 Å². The molecular formula is C18H23N5. The molecule has 3 aromatic rings. The van der Waals surface area contributed by atoms with Gasteiger partial charge in [0.25, 0.3) is 0 Å². The fourth-order valence-electron chi connectivity index (χ4n) is 3.53. The van der Waals surface area contributed by atoms with Crippen molar-refractivity contribution in [1.29, 1.82) is 0 Å². The molecule has 4 rings (SSSR count). The molecule has 5 heteroatoms. The first-order valence-corrected chi connectivity index (χ1v) is 8.30. The first-order chi connectivity index (χ1) is 11.1. The maximum absolute atomic E-state index is 4.79. The topological polar surface area (TPSA) is 60.6 Å². The molecule has 0 unspecified atom stereocenters. The third-order valence-corrected chi connectivity index (χ3v) is 4.96. The van der Waals surface area contributed by atoms with E-state index in [1.54, 1.807) is 0 Å². The SMILES string of the molecule is Cc1ccc2[nH]c(CN(C)Cc3n[nH]c4c3CCC4)nc2c1C. The second-order valence-electron chi connectivity index (χ2n) is 6.74. The summed E-state index contributed by atoms with van der Waals surface area (Å²) < 4.78 is 0. The average Bonchev–Trinajstić information content (AvgIpc) is 3.20. The third-order valence-electron chi connectivity index (χ3n) is 4.96. The highest BCUT2D eigenvalue weighted by Gasteiger charge is 2.19. The van der Waals surface area contributed by atoms with Crippen molar-refractivity contribution in [3.63, 3.8) is 0 Å². The van der Waals surface area contributed by atoms with Gasteiger partial charge < -0.3 is 4.98 Å². The van der Waals surface area contributed by atoms with E-state index in [0.717, 1.165) is 42.8 Å². The van der Waals surface area contributed by atoms with Crippen molar-refractivity contribution < 1.29 is 0 Å². The minimum atomic E-state index is 0.800. The Morgan fingerprint density at radius 2 is 2.04 bits per heavy atom. The standard InChI is InChI=1S/C18H23N5/c1-11-7-8-15-18(12(11)2)20-17(19-15)10-23(3)9-16-13-5-4-6-14(13)21-22-16/h7-8H,4-6,9-10H2,1-3H3,(H,19,20)(H,21,22). The Kier molecular flexibility index (Phi) is 3.45. The van der Waals surface area contributed by atoms with Gasteiger partial charge in [0, 0.05) is 12.2 Å². The van der Waals surface area contributed by atoms with Crippen molar-refractivity contribution in [3.05, 3.63) is 46.0 Å². The molecule has 1 aromatic carbocycles. The van der Waals surface area contributed by atoms with Gasteiger partial charge in [-0.1, -0.05) is 6.07 Å². The number of fused-ring (bicyclic) bond motifs is 2. The maximum Gasteiger partial charge on any atom is 0.121 e. The van der Waals surface area contributed by atoms with Crippen LogP contribution in [0.15, 0.2) is 12.1 Å². The zero-order valence-electron chi connectivity index (χ0n) is 14.0. The highest BCUT2D eigenvalue weighted by Crippen LogP contribution is 2.24. The Morgan fingerprint density at radius 1 is 1.17 bits per heavy atom. The van der Waals surface area contributed by atoms with Crippen LogP contribution in [0.3, 0.4) is 0 Å². The number of aromatic nitrogens is 4. The van der Waals surface area contributed by atoms with E-state index in [-0.39, 0.29) is 0 Å². The van der Waals surface area contributed by atoms with Crippen molar-refractivity contribution in [2.45, 2.75) is 46.2 Å². The summed E-state index contributed by atoms with van der Waals surface area (Å²) in [5.41, 5.74) is 8.74. The van der Waals surface area contributed by atoms with Gasteiger partial charge in [-0.3, -0.25) is 10.00 Å². The molecule has 0 aliphatic heterocycles. The van der Waals surface area contributed by atoms with Crippen molar-refractivity contribution in [1.82, 2.24) is 25.1 Å². The zero-order chi connectivity index (χ0) is 16.0. The number of aromatic amines is 2. The van der Waals surface area contributed by atoms with E-state index < -0.39 is 0 Å². The third kappa shape index (κ3) is 2.55. The summed E-state index contributed by atoms with van der Waals surface area (Å²) in [5.74, 6) is 1.02. The molecule has 1 aliphatic rings. The van der Waals surface area contributed by atoms with Crippen LogP contribution < -0.4 is 0 Å². The van der Waals surface area contributed by atoms with Crippen LogP contribution in [-0.4, -0.2) is 32.1 Å². The molecule has 2 aromatic heterocycles. The van der Waals surface area contributed by atoms with Gasteiger partial charge in [-0.25, -0.2) is 4.98 Å². The predicted molar refractivity (Wildman–Crippen MR) is 91.4 cm³/mol. The molecule has 0 spiro atoms. The Balaban J connectivity index is 1.52. The molecule has 0 radical (unpaired) electrons. The van der Waals surface area contributed by atoms with Crippen LogP contribution in [0.4, 0.5) is 0 Å². The lowest BCUT2D eigenvalue weighted by Gasteiger charge is -2.14. The number of hydrogen-bond acceptors (Lipinski definition) is 3.